The summed E-state index contributed by atoms with van der Waals surface area (Å²) in [7, 11) is 3.99. The van der Waals surface area contributed by atoms with Gasteiger partial charge in [0.2, 0.25) is 0 Å². The van der Waals surface area contributed by atoms with Gasteiger partial charge in [-0.3, -0.25) is 4.79 Å². The van der Waals surface area contributed by atoms with E-state index in [2.05, 4.69) is 26.9 Å². The van der Waals surface area contributed by atoms with Crippen molar-refractivity contribution < 1.29 is 9.53 Å². The average molecular weight is 359 g/mol. The van der Waals surface area contributed by atoms with E-state index in [-0.39, 0.29) is 18.4 Å². The Bertz CT molecular complexity index is 629. The first-order valence-electron chi connectivity index (χ1n) is 6.01. The number of carbonyl (C=O) groups is 1. The van der Waals surface area contributed by atoms with Gasteiger partial charge < -0.3 is 9.64 Å². The Morgan fingerprint density at radius 3 is 2.55 bits per heavy atom. The molecule has 0 bridgehead atoms. The predicted molar refractivity (Wildman–Crippen MR) is 87.6 cm³/mol. The summed E-state index contributed by atoms with van der Waals surface area (Å²) in [5.41, 5.74) is 1.03. The van der Waals surface area contributed by atoms with Crippen LogP contribution in [0.15, 0.2) is 34.8 Å². The fourth-order valence-corrected chi connectivity index (χ4v) is 2.45. The molecule has 0 atom stereocenters. The maximum Gasteiger partial charge on any atom is 0.308 e. The lowest BCUT2D eigenvalue weighted by molar-refractivity contribution is -0.131. The standard InChI is InChI=1S/C15H16BrNO2.ClH/c1-10(18)19-15-7-4-11-8-12(16)5-6-13(11)14(15)9-17(2)3;/h4-8H,9H2,1-3H3;1H. The number of fused-ring (bicyclic) bond motifs is 1. The maximum absolute atomic E-state index is 11.2. The molecule has 5 heteroatoms. The highest BCUT2D eigenvalue weighted by molar-refractivity contribution is 9.10. The van der Waals surface area contributed by atoms with Crippen LogP contribution < -0.4 is 4.74 Å². The van der Waals surface area contributed by atoms with Crippen LogP contribution in [0, 0.1) is 0 Å². The highest BCUT2D eigenvalue weighted by atomic mass is 79.9. The van der Waals surface area contributed by atoms with Crippen LogP contribution in [0.1, 0.15) is 12.5 Å². The van der Waals surface area contributed by atoms with Gasteiger partial charge in [-0.2, -0.15) is 0 Å². The van der Waals surface area contributed by atoms with E-state index in [1.165, 1.54) is 6.92 Å². The number of carbonyl (C=O) groups excluding carboxylic acids is 1. The zero-order chi connectivity index (χ0) is 14.0. The zero-order valence-corrected chi connectivity index (χ0v) is 14.0. The molecule has 0 amide bonds. The van der Waals surface area contributed by atoms with Gasteiger partial charge in [0.25, 0.3) is 0 Å². The van der Waals surface area contributed by atoms with Crippen molar-refractivity contribution in [2.24, 2.45) is 0 Å². The highest BCUT2D eigenvalue weighted by Gasteiger charge is 2.11. The van der Waals surface area contributed by atoms with Gasteiger partial charge in [0, 0.05) is 23.5 Å². The summed E-state index contributed by atoms with van der Waals surface area (Å²) in [5.74, 6) is 0.340. The highest BCUT2D eigenvalue weighted by Crippen LogP contribution is 2.31. The Morgan fingerprint density at radius 2 is 1.95 bits per heavy atom. The first-order chi connectivity index (χ1) is 8.97. The molecule has 0 aliphatic heterocycles. The molecule has 0 saturated carbocycles. The second-order valence-electron chi connectivity index (χ2n) is 4.74. The van der Waals surface area contributed by atoms with Crippen molar-refractivity contribution in [1.29, 1.82) is 0 Å². The summed E-state index contributed by atoms with van der Waals surface area (Å²) in [4.78, 5) is 13.3. The smallest absolute Gasteiger partial charge is 0.308 e. The maximum atomic E-state index is 11.2. The van der Waals surface area contributed by atoms with Crippen molar-refractivity contribution in [2.75, 3.05) is 14.1 Å². The van der Waals surface area contributed by atoms with Crippen molar-refractivity contribution >= 4 is 45.1 Å². The van der Waals surface area contributed by atoms with Crippen LogP contribution in [0.4, 0.5) is 0 Å². The van der Waals surface area contributed by atoms with Gasteiger partial charge in [0.05, 0.1) is 0 Å². The van der Waals surface area contributed by atoms with Gasteiger partial charge in [-0.25, -0.2) is 0 Å². The van der Waals surface area contributed by atoms with E-state index >= 15 is 0 Å². The van der Waals surface area contributed by atoms with Crippen LogP contribution in [0.5, 0.6) is 5.75 Å². The molecule has 0 fully saturated rings. The Kier molecular flexibility index (Phi) is 5.99. The number of esters is 1. The van der Waals surface area contributed by atoms with E-state index in [1.807, 2.05) is 38.4 Å². The number of rotatable bonds is 3. The SMILES string of the molecule is CC(=O)Oc1ccc2cc(Br)ccc2c1CN(C)C.Cl. The molecule has 0 radical (unpaired) electrons. The molecule has 0 N–H and O–H groups in total. The molecule has 0 aliphatic carbocycles. The minimum Gasteiger partial charge on any atom is -0.426 e. The van der Waals surface area contributed by atoms with E-state index < -0.39 is 0 Å². The summed E-state index contributed by atoms with van der Waals surface area (Å²) < 4.78 is 6.35. The molecular weight excluding hydrogens is 342 g/mol. The molecule has 2 aromatic carbocycles. The lowest BCUT2D eigenvalue weighted by atomic mass is 10.0. The summed E-state index contributed by atoms with van der Waals surface area (Å²) in [6, 6.07) is 9.93. The van der Waals surface area contributed by atoms with Gasteiger partial charge in [-0.15, -0.1) is 12.4 Å². The van der Waals surface area contributed by atoms with Gasteiger partial charge in [-0.1, -0.05) is 28.1 Å². The molecule has 0 unspecified atom stereocenters. The van der Waals surface area contributed by atoms with Gasteiger partial charge in [0.15, 0.2) is 0 Å². The number of hydrogen-bond acceptors (Lipinski definition) is 3. The molecule has 108 valence electrons. The van der Waals surface area contributed by atoms with E-state index in [1.54, 1.807) is 0 Å². The fraction of sp³-hybridized carbons (Fsp3) is 0.267. The fourth-order valence-electron chi connectivity index (χ4n) is 2.07. The minimum atomic E-state index is -0.295. The number of nitrogens with zero attached hydrogens (tertiary/aromatic N) is 1. The molecule has 20 heavy (non-hydrogen) atoms. The molecule has 3 nitrogen and oxygen atoms in total. The summed E-state index contributed by atoms with van der Waals surface area (Å²) in [5, 5.41) is 2.23. The van der Waals surface area contributed by atoms with Crippen molar-refractivity contribution in [3.05, 3.63) is 40.4 Å². The normalized spacial score (nSPS) is 10.4. The molecule has 0 heterocycles. The molecule has 0 saturated heterocycles. The summed E-state index contributed by atoms with van der Waals surface area (Å²) in [6.07, 6.45) is 0. The molecule has 2 rings (SSSR count). The lowest BCUT2D eigenvalue weighted by Gasteiger charge is -2.16. The van der Waals surface area contributed by atoms with Crippen LogP contribution >= 0.6 is 28.3 Å². The molecule has 0 aliphatic rings. The van der Waals surface area contributed by atoms with E-state index in [0.29, 0.717) is 5.75 Å². The first kappa shape index (κ1) is 17.0. The van der Waals surface area contributed by atoms with E-state index in [4.69, 9.17) is 4.74 Å². The molecule has 0 spiro atoms. The third-order valence-electron chi connectivity index (χ3n) is 2.78. The minimum absolute atomic E-state index is 0. The molecular formula is C15H17BrClNO2. The van der Waals surface area contributed by atoms with Crippen molar-refractivity contribution in [2.45, 2.75) is 13.5 Å². The van der Waals surface area contributed by atoms with E-state index in [0.717, 1.165) is 27.4 Å². The number of benzene rings is 2. The lowest BCUT2D eigenvalue weighted by Crippen LogP contribution is -2.13. The number of hydrogen-bond donors (Lipinski definition) is 0. The zero-order valence-electron chi connectivity index (χ0n) is 11.6. The first-order valence-corrected chi connectivity index (χ1v) is 6.81. The Hall–Kier alpha value is -1.10. The van der Waals surface area contributed by atoms with Crippen LogP contribution in [0.2, 0.25) is 0 Å². The third kappa shape index (κ3) is 3.95. The Labute approximate surface area is 133 Å². The van der Waals surface area contributed by atoms with Crippen LogP contribution in [-0.4, -0.2) is 25.0 Å². The van der Waals surface area contributed by atoms with Crippen molar-refractivity contribution in [3.8, 4) is 5.75 Å². The monoisotopic (exact) mass is 357 g/mol. The van der Waals surface area contributed by atoms with Crippen LogP contribution in [0.3, 0.4) is 0 Å². The Morgan fingerprint density at radius 1 is 1.25 bits per heavy atom. The van der Waals surface area contributed by atoms with E-state index in [9.17, 15) is 4.79 Å². The summed E-state index contributed by atoms with van der Waals surface area (Å²) >= 11 is 3.47. The van der Waals surface area contributed by atoms with Gasteiger partial charge in [-0.05, 0) is 43.1 Å². The quantitative estimate of drug-likeness (QED) is 0.613. The van der Waals surface area contributed by atoms with Crippen molar-refractivity contribution in [1.82, 2.24) is 4.90 Å². The molecule has 2 aromatic rings. The molecule has 0 aromatic heterocycles. The topological polar surface area (TPSA) is 29.5 Å². The Balaban J connectivity index is 0.00000200. The number of halogens is 2. The predicted octanol–water partition coefficient (Wildman–Crippen LogP) is 4.01. The average Bonchev–Trinajstić information content (AvgIpc) is 2.31. The van der Waals surface area contributed by atoms with Crippen LogP contribution in [0.25, 0.3) is 10.8 Å². The van der Waals surface area contributed by atoms with Gasteiger partial charge >= 0.3 is 5.97 Å². The van der Waals surface area contributed by atoms with Gasteiger partial charge in [0.1, 0.15) is 5.75 Å². The summed E-state index contributed by atoms with van der Waals surface area (Å²) in [6.45, 7) is 2.15. The second-order valence-corrected chi connectivity index (χ2v) is 5.65. The number of ether oxygens (including phenoxy) is 1. The largest absolute Gasteiger partial charge is 0.426 e. The van der Waals surface area contributed by atoms with Crippen LogP contribution in [-0.2, 0) is 11.3 Å². The van der Waals surface area contributed by atoms with Crippen molar-refractivity contribution in [3.63, 3.8) is 0 Å². The third-order valence-corrected chi connectivity index (χ3v) is 3.27. The second kappa shape index (κ2) is 7.07.